The molecule has 0 aromatic carbocycles. The molecule has 2 aromatic rings. The molecular formula is C23H30N6O3. The van der Waals surface area contributed by atoms with E-state index in [1.165, 1.54) is 0 Å². The number of aliphatic carboxylic acids is 1. The van der Waals surface area contributed by atoms with Gasteiger partial charge in [-0.1, -0.05) is 6.07 Å². The van der Waals surface area contributed by atoms with Crippen molar-refractivity contribution < 1.29 is 14.7 Å². The second-order valence-corrected chi connectivity index (χ2v) is 8.23. The Balaban J connectivity index is 1.36. The lowest BCUT2D eigenvalue weighted by atomic mass is 10.0. The molecule has 3 N–H and O–H groups in total. The Morgan fingerprint density at radius 2 is 2.16 bits per heavy atom. The quantitative estimate of drug-likeness (QED) is 0.552. The van der Waals surface area contributed by atoms with Crippen molar-refractivity contribution in [1.82, 2.24) is 19.8 Å². The largest absolute Gasteiger partial charge is 0.481 e. The number of carbonyl (C=O) groups excluding carboxylic acids is 1. The van der Waals surface area contributed by atoms with Gasteiger partial charge in [-0.25, -0.2) is 9.78 Å². The van der Waals surface area contributed by atoms with Gasteiger partial charge in [0.25, 0.3) is 0 Å². The standard InChI is InChI=1S/C23H30N6O3/c1-24-21-9-6-16(15-26-21)20(14-22(30)31)29-13-12-28(23(29)32)11-3-4-17-7-8-18-19(27-17)5-2-10-25-18/h6-9,15,20,25H,2-5,10-14H2,1H3,(H,24,26)(H,30,31)/t20-/m0/s1. The number of hydrogen-bond acceptors (Lipinski definition) is 6. The molecule has 1 fully saturated rings. The lowest BCUT2D eigenvalue weighted by molar-refractivity contribution is -0.138. The molecule has 0 aliphatic carbocycles. The Bertz CT molecular complexity index is 965. The molecule has 1 saturated heterocycles. The Hall–Kier alpha value is -3.36. The molecule has 0 bridgehead atoms. The lowest BCUT2D eigenvalue weighted by Crippen LogP contribution is -2.36. The highest BCUT2D eigenvalue weighted by molar-refractivity contribution is 5.78. The first-order chi connectivity index (χ1) is 15.5. The number of urea groups is 1. The summed E-state index contributed by atoms with van der Waals surface area (Å²) in [6.07, 6.45) is 5.24. The van der Waals surface area contributed by atoms with Crippen LogP contribution >= 0.6 is 0 Å². The summed E-state index contributed by atoms with van der Waals surface area (Å²) in [6.45, 7) is 2.73. The number of anilines is 2. The van der Waals surface area contributed by atoms with E-state index in [1.807, 2.05) is 11.0 Å². The van der Waals surface area contributed by atoms with E-state index in [9.17, 15) is 14.7 Å². The van der Waals surface area contributed by atoms with Gasteiger partial charge in [0.1, 0.15) is 5.82 Å². The molecule has 2 amide bonds. The number of pyridine rings is 2. The van der Waals surface area contributed by atoms with Crippen molar-refractivity contribution in [2.75, 3.05) is 43.9 Å². The number of rotatable bonds is 9. The van der Waals surface area contributed by atoms with E-state index in [2.05, 4.69) is 27.8 Å². The first-order valence-corrected chi connectivity index (χ1v) is 11.2. The Kier molecular flexibility index (Phi) is 6.72. The molecule has 2 aliphatic rings. The Morgan fingerprint density at radius 3 is 2.91 bits per heavy atom. The summed E-state index contributed by atoms with van der Waals surface area (Å²) in [4.78, 5) is 37.1. The van der Waals surface area contributed by atoms with E-state index in [-0.39, 0.29) is 12.5 Å². The minimum atomic E-state index is -0.938. The molecule has 0 unspecified atom stereocenters. The van der Waals surface area contributed by atoms with E-state index < -0.39 is 12.0 Å². The van der Waals surface area contributed by atoms with Crippen molar-refractivity contribution in [3.8, 4) is 0 Å². The summed E-state index contributed by atoms with van der Waals surface area (Å²) < 4.78 is 0. The Labute approximate surface area is 187 Å². The van der Waals surface area contributed by atoms with Gasteiger partial charge < -0.3 is 25.5 Å². The fourth-order valence-electron chi connectivity index (χ4n) is 4.39. The molecular weight excluding hydrogens is 408 g/mol. The Morgan fingerprint density at radius 1 is 1.28 bits per heavy atom. The number of carbonyl (C=O) groups is 2. The maximum Gasteiger partial charge on any atom is 0.320 e. The van der Waals surface area contributed by atoms with Gasteiger partial charge in [0.15, 0.2) is 0 Å². The molecule has 9 nitrogen and oxygen atoms in total. The second kappa shape index (κ2) is 9.84. The average molecular weight is 439 g/mol. The van der Waals surface area contributed by atoms with Gasteiger partial charge in [0, 0.05) is 45.1 Å². The van der Waals surface area contributed by atoms with E-state index in [4.69, 9.17) is 4.98 Å². The topological polar surface area (TPSA) is 111 Å². The maximum atomic E-state index is 13.1. The fraction of sp³-hybridized carbons (Fsp3) is 0.478. The third-order valence-corrected chi connectivity index (χ3v) is 6.10. The number of fused-ring (bicyclic) bond motifs is 1. The van der Waals surface area contributed by atoms with Crippen LogP contribution in [0.5, 0.6) is 0 Å². The van der Waals surface area contributed by atoms with Crippen LogP contribution < -0.4 is 10.6 Å². The maximum absolute atomic E-state index is 13.1. The number of amides is 2. The van der Waals surface area contributed by atoms with Gasteiger partial charge in [-0.2, -0.15) is 0 Å². The monoisotopic (exact) mass is 438 g/mol. The predicted octanol–water partition coefficient (Wildman–Crippen LogP) is 2.76. The van der Waals surface area contributed by atoms with Gasteiger partial charge in [-0.15, -0.1) is 0 Å². The van der Waals surface area contributed by atoms with Crippen LogP contribution in [0.25, 0.3) is 0 Å². The zero-order chi connectivity index (χ0) is 22.5. The molecule has 0 saturated carbocycles. The summed E-state index contributed by atoms with van der Waals surface area (Å²) in [7, 11) is 1.77. The minimum Gasteiger partial charge on any atom is -0.481 e. The zero-order valence-electron chi connectivity index (χ0n) is 18.4. The first-order valence-electron chi connectivity index (χ1n) is 11.2. The molecule has 32 heavy (non-hydrogen) atoms. The average Bonchev–Trinajstić information content (AvgIpc) is 3.17. The van der Waals surface area contributed by atoms with Gasteiger partial charge >= 0.3 is 12.0 Å². The van der Waals surface area contributed by atoms with Gasteiger partial charge in [0.2, 0.25) is 0 Å². The SMILES string of the molecule is CNc1ccc([C@H](CC(=O)O)N2CCN(CCCc3ccc4c(n3)CCCN4)C2=O)cn1. The van der Waals surface area contributed by atoms with Crippen molar-refractivity contribution in [1.29, 1.82) is 0 Å². The number of aryl methyl sites for hydroxylation is 2. The second-order valence-electron chi connectivity index (χ2n) is 8.23. The molecule has 2 aromatic heterocycles. The summed E-state index contributed by atoms with van der Waals surface area (Å²) >= 11 is 0. The van der Waals surface area contributed by atoms with Crippen LogP contribution in [0.3, 0.4) is 0 Å². The molecule has 0 spiro atoms. The van der Waals surface area contributed by atoms with Crippen LogP contribution in [-0.4, -0.2) is 70.1 Å². The van der Waals surface area contributed by atoms with Crippen LogP contribution in [0.2, 0.25) is 0 Å². The number of nitrogens with zero attached hydrogens (tertiary/aromatic N) is 4. The van der Waals surface area contributed by atoms with E-state index in [0.717, 1.165) is 54.9 Å². The van der Waals surface area contributed by atoms with Crippen LogP contribution in [0.1, 0.15) is 42.3 Å². The van der Waals surface area contributed by atoms with Crippen LogP contribution in [-0.2, 0) is 17.6 Å². The van der Waals surface area contributed by atoms with Crippen LogP contribution in [0.15, 0.2) is 30.5 Å². The fourth-order valence-corrected chi connectivity index (χ4v) is 4.39. The molecule has 4 rings (SSSR count). The number of hydrogen-bond donors (Lipinski definition) is 3. The van der Waals surface area contributed by atoms with Gasteiger partial charge in [-0.05, 0) is 49.4 Å². The third kappa shape index (κ3) is 4.92. The van der Waals surface area contributed by atoms with Crippen LogP contribution in [0.4, 0.5) is 16.3 Å². The highest BCUT2D eigenvalue weighted by Crippen LogP contribution is 2.29. The molecule has 2 aliphatic heterocycles. The van der Waals surface area contributed by atoms with Crippen LogP contribution in [0, 0.1) is 0 Å². The minimum absolute atomic E-state index is 0.114. The van der Waals surface area contributed by atoms with Crippen molar-refractivity contribution >= 4 is 23.5 Å². The van der Waals surface area contributed by atoms with Gasteiger partial charge in [-0.3, -0.25) is 9.78 Å². The third-order valence-electron chi connectivity index (χ3n) is 6.10. The number of nitrogens with one attached hydrogen (secondary N) is 2. The molecule has 0 radical (unpaired) electrons. The smallest absolute Gasteiger partial charge is 0.320 e. The van der Waals surface area contributed by atoms with Crippen molar-refractivity contribution in [2.24, 2.45) is 0 Å². The first kappa shape index (κ1) is 21.9. The number of carboxylic acid groups (broad SMARTS) is 1. The van der Waals surface area contributed by atoms with E-state index in [0.29, 0.717) is 25.5 Å². The van der Waals surface area contributed by atoms with Crippen molar-refractivity contribution in [3.63, 3.8) is 0 Å². The molecule has 9 heteroatoms. The van der Waals surface area contributed by atoms with E-state index in [1.54, 1.807) is 24.2 Å². The predicted molar refractivity (Wildman–Crippen MR) is 122 cm³/mol. The highest BCUT2D eigenvalue weighted by Gasteiger charge is 2.35. The van der Waals surface area contributed by atoms with Crippen molar-refractivity contribution in [2.45, 2.75) is 38.1 Å². The number of aromatic nitrogens is 2. The van der Waals surface area contributed by atoms with Gasteiger partial charge in [0.05, 0.1) is 23.8 Å². The summed E-state index contributed by atoms with van der Waals surface area (Å²) in [5.74, 6) is -0.240. The van der Waals surface area contributed by atoms with E-state index >= 15 is 0 Å². The zero-order valence-corrected chi connectivity index (χ0v) is 18.4. The lowest BCUT2D eigenvalue weighted by Gasteiger charge is -2.27. The summed E-state index contributed by atoms with van der Waals surface area (Å²) in [5, 5.41) is 15.7. The molecule has 4 heterocycles. The summed E-state index contributed by atoms with van der Waals surface area (Å²) in [5.41, 5.74) is 4.04. The molecule has 1 atom stereocenters. The van der Waals surface area contributed by atoms with Crippen molar-refractivity contribution in [3.05, 3.63) is 47.4 Å². The molecule has 170 valence electrons. The number of carboxylic acids is 1. The summed E-state index contributed by atoms with van der Waals surface area (Å²) in [6, 6.07) is 7.14. The highest BCUT2D eigenvalue weighted by atomic mass is 16.4. The normalized spacial score (nSPS) is 16.5.